The van der Waals surface area contributed by atoms with Crippen LogP contribution < -0.4 is 10.9 Å². The summed E-state index contributed by atoms with van der Waals surface area (Å²) in [4.78, 5) is 38.7. The van der Waals surface area contributed by atoms with Crippen LogP contribution in [0.15, 0.2) is 58.0 Å². The molecule has 4 aromatic rings. The minimum atomic E-state index is -0.629. The molecule has 3 heterocycles. The van der Waals surface area contributed by atoms with Crippen LogP contribution in [-0.4, -0.2) is 28.3 Å². The Balaban J connectivity index is 1.91. The standard InChI is InChI=1S/C20H15N3O4S2/c1-2-27-20(26)16-13-11-29-18(21-17(24)14-9-6-10-28-14)15(13)19(25)23(22-16)12-7-4-3-5-8-12/h3-11H,2H2,1H3,(H,21,24). The number of esters is 1. The van der Waals surface area contributed by atoms with Gasteiger partial charge in [-0.25, -0.2) is 4.79 Å². The van der Waals surface area contributed by atoms with Crippen LogP contribution in [0.25, 0.3) is 16.5 Å². The van der Waals surface area contributed by atoms with Crippen LogP contribution in [0.3, 0.4) is 0 Å². The van der Waals surface area contributed by atoms with Gasteiger partial charge in [-0.3, -0.25) is 9.59 Å². The van der Waals surface area contributed by atoms with Crippen molar-refractivity contribution < 1.29 is 14.3 Å². The van der Waals surface area contributed by atoms with Crippen LogP contribution in [0, 0.1) is 0 Å². The Morgan fingerprint density at radius 3 is 2.62 bits per heavy atom. The summed E-state index contributed by atoms with van der Waals surface area (Å²) in [5, 5.41) is 11.4. The summed E-state index contributed by atoms with van der Waals surface area (Å²) < 4.78 is 6.27. The van der Waals surface area contributed by atoms with Gasteiger partial charge in [-0.15, -0.1) is 22.7 Å². The highest BCUT2D eigenvalue weighted by atomic mass is 32.1. The smallest absolute Gasteiger partial charge is 0.359 e. The van der Waals surface area contributed by atoms with Gasteiger partial charge in [-0.2, -0.15) is 9.78 Å². The fourth-order valence-corrected chi connectivity index (χ4v) is 4.36. The van der Waals surface area contributed by atoms with Gasteiger partial charge < -0.3 is 10.1 Å². The lowest BCUT2D eigenvalue weighted by Crippen LogP contribution is -2.25. The number of hydrogen-bond donors (Lipinski definition) is 1. The quantitative estimate of drug-likeness (QED) is 0.489. The molecule has 9 heteroatoms. The van der Waals surface area contributed by atoms with E-state index in [1.807, 2.05) is 6.07 Å². The average Bonchev–Trinajstić information content (AvgIpc) is 3.40. The van der Waals surface area contributed by atoms with Gasteiger partial charge in [0.25, 0.3) is 11.5 Å². The average molecular weight is 425 g/mol. The molecular weight excluding hydrogens is 410 g/mol. The predicted molar refractivity (Wildman–Crippen MR) is 113 cm³/mol. The second-order valence-corrected chi connectivity index (χ2v) is 7.73. The van der Waals surface area contributed by atoms with Crippen molar-refractivity contribution >= 4 is 50.3 Å². The number of fused-ring (bicyclic) bond motifs is 1. The van der Waals surface area contributed by atoms with Crippen molar-refractivity contribution in [1.29, 1.82) is 0 Å². The molecule has 1 aromatic carbocycles. The maximum Gasteiger partial charge on any atom is 0.359 e. The topological polar surface area (TPSA) is 90.3 Å². The summed E-state index contributed by atoms with van der Waals surface area (Å²) in [5.74, 6) is -0.944. The van der Waals surface area contributed by atoms with E-state index in [0.717, 1.165) is 4.68 Å². The lowest BCUT2D eigenvalue weighted by Gasteiger charge is -2.09. The number of benzene rings is 1. The summed E-state index contributed by atoms with van der Waals surface area (Å²) in [6.45, 7) is 1.88. The molecule has 4 rings (SSSR count). The molecule has 0 saturated heterocycles. The SMILES string of the molecule is CCOC(=O)c1nn(-c2ccccc2)c(=O)c2c(NC(=O)c3cccs3)scc12. The Morgan fingerprint density at radius 1 is 1.14 bits per heavy atom. The van der Waals surface area contributed by atoms with Crippen molar-refractivity contribution in [1.82, 2.24) is 9.78 Å². The van der Waals surface area contributed by atoms with Gasteiger partial charge in [0.15, 0.2) is 5.69 Å². The van der Waals surface area contributed by atoms with E-state index in [1.54, 1.807) is 54.1 Å². The number of thiophene rings is 2. The Labute approximate surface area is 173 Å². The molecule has 0 unspecified atom stereocenters. The number of nitrogens with zero attached hydrogens (tertiary/aromatic N) is 2. The van der Waals surface area contributed by atoms with Gasteiger partial charge in [0.05, 0.1) is 22.6 Å². The summed E-state index contributed by atoms with van der Waals surface area (Å²) in [6, 6.07) is 12.3. The van der Waals surface area contributed by atoms with Crippen molar-refractivity contribution in [3.8, 4) is 5.69 Å². The molecule has 7 nitrogen and oxygen atoms in total. The molecule has 1 amide bonds. The van der Waals surface area contributed by atoms with Crippen molar-refractivity contribution in [3.05, 3.63) is 74.1 Å². The van der Waals surface area contributed by atoms with Gasteiger partial charge in [0.1, 0.15) is 5.00 Å². The van der Waals surface area contributed by atoms with Gasteiger partial charge >= 0.3 is 5.97 Å². The Kier molecular flexibility index (Phi) is 5.24. The van der Waals surface area contributed by atoms with E-state index in [2.05, 4.69) is 10.4 Å². The first-order chi connectivity index (χ1) is 14.1. The maximum atomic E-state index is 13.2. The normalized spacial score (nSPS) is 10.8. The Bertz CT molecular complexity index is 1240. The van der Waals surface area contributed by atoms with E-state index < -0.39 is 11.5 Å². The highest BCUT2D eigenvalue weighted by molar-refractivity contribution is 7.16. The van der Waals surface area contributed by atoms with E-state index in [0.29, 0.717) is 21.0 Å². The molecule has 0 saturated carbocycles. The minimum absolute atomic E-state index is 0.0261. The maximum absolute atomic E-state index is 13.2. The number of hydrogen-bond acceptors (Lipinski definition) is 7. The van der Waals surface area contributed by atoms with Crippen molar-refractivity contribution in [2.45, 2.75) is 6.92 Å². The molecule has 0 atom stereocenters. The Hall–Kier alpha value is -3.30. The van der Waals surface area contributed by atoms with E-state index in [1.165, 1.54) is 22.7 Å². The van der Waals surface area contributed by atoms with E-state index in [4.69, 9.17) is 4.74 Å². The zero-order valence-electron chi connectivity index (χ0n) is 15.2. The van der Waals surface area contributed by atoms with Gasteiger partial charge in [0.2, 0.25) is 0 Å². The van der Waals surface area contributed by atoms with Crippen LogP contribution in [-0.2, 0) is 4.74 Å². The number of ether oxygens (including phenoxy) is 1. The second-order valence-electron chi connectivity index (χ2n) is 5.91. The number of rotatable bonds is 5. The third-order valence-corrected chi connectivity index (χ3v) is 5.86. The fraction of sp³-hybridized carbons (Fsp3) is 0.100. The Morgan fingerprint density at radius 2 is 1.93 bits per heavy atom. The minimum Gasteiger partial charge on any atom is -0.461 e. The first kappa shape index (κ1) is 19.0. The molecule has 146 valence electrons. The van der Waals surface area contributed by atoms with Crippen LogP contribution in [0.2, 0.25) is 0 Å². The number of carbonyl (C=O) groups is 2. The summed E-state index contributed by atoms with van der Waals surface area (Å²) in [7, 11) is 0. The monoisotopic (exact) mass is 425 g/mol. The first-order valence-corrected chi connectivity index (χ1v) is 10.5. The molecule has 0 aliphatic carbocycles. The summed E-state index contributed by atoms with van der Waals surface area (Å²) in [6.07, 6.45) is 0. The van der Waals surface area contributed by atoms with Crippen LogP contribution >= 0.6 is 22.7 Å². The summed E-state index contributed by atoms with van der Waals surface area (Å²) in [5.41, 5.74) is 0.104. The number of para-hydroxylation sites is 1. The number of amides is 1. The lowest BCUT2D eigenvalue weighted by molar-refractivity contribution is 0.0520. The van der Waals surface area contributed by atoms with Gasteiger partial charge in [0, 0.05) is 10.8 Å². The lowest BCUT2D eigenvalue weighted by atomic mass is 10.2. The van der Waals surface area contributed by atoms with E-state index >= 15 is 0 Å². The van der Waals surface area contributed by atoms with E-state index in [-0.39, 0.29) is 23.6 Å². The summed E-state index contributed by atoms with van der Waals surface area (Å²) >= 11 is 2.47. The highest BCUT2D eigenvalue weighted by Gasteiger charge is 2.23. The molecule has 0 bridgehead atoms. The first-order valence-electron chi connectivity index (χ1n) is 8.72. The zero-order chi connectivity index (χ0) is 20.4. The number of anilines is 1. The number of carbonyl (C=O) groups excluding carboxylic acids is 2. The number of nitrogens with one attached hydrogen (secondary N) is 1. The zero-order valence-corrected chi connectivity index (χ0v) is 16.9. The van der Waals surface area contributed by atoms with Crippen molar-refractivity contribution in [2.24, 2.45) is 0 Å². The molecule has 0 aliphatic rings. The molecule has 0 radical (unpaired) electrons. The van der Waals surface area contributed by atoms with Crippen molar-refractivity contribution in [2.75, 3.05) is 11.9 Å². The van der Waals surface area contributed by atoms with Crippen molar-refractivity contribution in [3.63, 3.8) is 0 Å². The predicted octanol–water partition coefficient (Wildman–Crippen LogP) is 3.94. The molecule has 0 fully saturated rings. The molecule has 0 aliphatic heterocycles. The third kappa shape index (κ3) is 3.57. The van der Waals surface area contributed by atoms with Crippen LogP contribution in [0.5, 0.6) is 0 Å². The largest absolute Gasteiger partial charge is 0.461 e. The molecule has 1 N–H and O–H groups in total. The fourth-order valence-electron chi connectivity index (χ4n) is 2.81. The molecule has 3 aromatic heterocycles. The highest BCUT2D eigenvalue weighted by Crippen LogP contribution is 2.31. The van der Waals surface area contributed by atoms with Gasteiger partial charge in [-0.05, 0) is 30.5 Å². The molecule has 29 heavy (non-hydrogen) atoms. The van der Waals surface area contributed by atoms with Crippen LogP contribution in [0.4, 0.5) is 5.00 Å². The van der Waals surface area contributed by atoms with E-state index in [9.17, 15) is 14.4 Å². The second kappa shape index (κ2) is 7.98. The molecular formula is C20H15N3O4S2. The number of aromatic nitrogens is 2. The van der Waals surface area contributed by atoms with Crippen LogP contribution in [0.1, 0.15) is 27.1 Å². The molecule has 0 spiro atoms. The van der Waals surface area contributed by atoms with Gasteiger partial charge in [-0.1, -0.05) is 24.3 Å². The third-order valence-electron chi connectivity index (χ3n) is 4.09.